The summed E-state index contributed by atoms with van der Waals surface area (Å²) in [5.41, 5.74) is 2.53. The third-order valence-electron chi connectivity index (χ3n) is 4.02. The average Bonchev–Trinajstić information content (AvgIpc) is 3.12. The van der Waals surface area contributed by atoms with Gasteiger partial charge in [0, 0.05) is 24.2 Å². The molecule has 0 amide bonds. The summed E-state index contributed by atoms with van der Waals surface area (Å²) in [7, 11) is 0. The highest BCUT2D eigenvalue weighted by atomic mass is 16.5. The predicted molar refractivity (Wildman–Crippen MR) is 82.7 cm³/mol. The molecule has 2 N–H and O–H groups in total. The maximum atomic E-state index is 11.1. The minimum Gasteiger partial charge on any atom is -0.464 e. The molecule has 0 saturated heterocycles. The Labute approximate surface area is 131 Å². The second-order valence-electron chi connectivity index (χ2n) is 5.43. The van der Waals surface area contributed by atoms with Gasteiger partial charge >= 0.3 is 6.09 Å². The van der Waals surface area contributed by atoms with Crippen LogP contribution >= 0.6 is 0 Å². The van der Waals surface area contributed by atoms with Gasteiger partial charge in [0.25, 0.3) is 0 Å². The number of nitrogens with one attached hydrogen (secondary N) is 1. The molecular weight excluding hydrogens is 296 g/mol. The largest absolute Gasteiger partial charge is 0.464 e. The molecule has 7 nitrogen and oxygen atoms in total. The minimum absolute atomic E-state index is 0.137. The van der Waals surface area contributed by atoms with Crippen LogP contribution in [0.1, 0.15) is 24.2 Å². The lowest BCUT2D eigenvalue weighted by atomic mass is 10.1. The molecule has 1 aliphatic heterocycles. The highest BCUT2D eigenvalue weighted by Gasteiger charge is 2.24. The standard InChI is InChI=1S/C16H14N4O3/c1-9-14-12(7-17-9)18-8-19-15(14)23-11-2-3-13-10(6-11)4-5-20(13)16(21)22/h2-6,8-9,17H,7H2,1H3,(H,21,22). The highest BCUT2D eigenvalue weighted by Crippen LogP contribution is 2.33. The van der Waals surface area contributed by atoms with Crippen molar-refractivity contribution in [3.05, 3.63) is 48.0 Å². The first-order chi connectivity index (χ1) is 11.1. The topological polar surface area (TPSA) is 89.3 Å². The number of carbonyl (C=O) groups is 1. The number of rotatable bonds is 2. The number of benzene rings is 1. The summed E-state index contributed by atoms with van der Waals surface area (Å²) in [5.74, 6) is 1.14. The summed E-state index contributed by atoms with van der Waals surface area (Å²) in [4.78, 5) is 19.6. The summed E-state index contributed by atoms with van der Waals surface area (Å²) < 4.78 is 7.10. The zero-order valence-electron chi connectivity index (χ0n) is 12.4. The molecule has 0 fully saturated rings. The highest BCUT2D eigenvalue weighted by molar-refractivity contribution is 5.89. The van der Waals surface area contributed by atoms with E-state index in [2.05, 4.69) is 15.3 Å². The van der Waals surface area contributed by atoms with Crippen molar-refractivity contribution < 1.29 is 14.6 Å². The maximum Gasteiger partial charge on any atom is 0.415 e. The van der Waals surface area contributed by atoms with Gasteiger partial charge in [-0.25, -0.2) is 14.8 Å². The molecule has 0 aliphatic carbocycles. The van der Waals surface area contributed by atoms with E-state index < -0.39 is 6.09 Å². The number of nitrogens with zero attached hydrogens (tertiary/aromatic N) is 3. The molecule has 7 heteroatoms. The molecule has 1 unspecified atom stereocenters. The third kappa shape index (κ3) is 2.22. The first-order valence-electron chi connectivity index (χ1n) is 7.23. The van der Waals surface area contributed by atoms with Crippen molar-refractivity contribution in [1.29, 1.82) is 0 Å². The zero-order chi connectivity index (χ0) is 16.0. The molecule has 23 heavy (non-hydrogen) atoms. The van der Waals surface area contributed by atoms with Gasteiger partial charge in [-0.2, -0.15) is 0 Å². The van der Waals surface area contributed by atoms with Crippen LogP contribution in [0.25, 0.3) is 10.9 Å². The molecule has 4 rings (SSSR count). The van der Waals surface area contributed by atoms with Crippen LogP contribution in [-0.4, -0.2) is 25.7 Å². The molecule has 1 aromatic carbocycles. The van der Waals surface area contributed by atoms with E-state index in [1.807, 2.05) is 6.92 Å². The average molecular weight is 310 g/mol. The van der Waals surface area contributed by atoms with E-state index in [4.69, 9.17) is 9.84 Å². The van der Waals surface area contributed by atoms with E-state index in [0.29, 0.717) is 23.7 Å². The fraction of sp³-hybridized carbons (Fsp3) is 0.188. The Morgan fingerprint density at radius 3 is 3.09 bits per heavy atom. The smallest absolute Gasteiger partial charge is 0.415 e. The second-order valence-corrected chi connectivity index (χ2v) is 5.43. The van der Waals surface area contributed by atoms with Gasteiger partial charge in [0.2, 0.25) is 5.88 Å². The lowest BCUT2D eigenvalue weighted by molar-refractivity contribution is 0.197. The summed E-state index contributed by atoms with van der Waals surface area (Å²) in [5, 5.41) is 13.2. The van der Waals surface area contributed by atoms with Crippen molar-refractivity contribution in [2.24, 2.45) is 0 Å². The van der Waals surface area contributed by atoms with Gasteiger partial charge < -0.3 is 15.2 Å². The summed E-state index contributed by atoms with van der Waals surface area (Å²) in [6.07, 6.45) is 2.00. The minimum atomic E-state index is -1.01. The van der Waals surface area contributed by atoms with Crippen molar-refractivity contribution >= 4 is 17.0 Å². The molecule has 0 spiro atoms. The summed E-state index contributed by atoms with van der Waals surface area (Å²) in [6.45, 7) is 2.74. The number of carboxylic acid groups (broad SMARTS) is 1. The normalized spacial score (nSPS) is 16.5. The lowest BCUT2D eigenvalue weighted by Crippen LogP contribution is -2.08. The SMILES string of the molecule is CC1NCc2ncnc(Oc3ccc4c(ccn4C(=O)O)c3)c21. The summed E-state index contributed by atoms with van der Waals surface area (Å²) in [6, 6.07) is 7.14. The van der Waals surface area contributed by atoms with E-state index in [1.54, 1.807) is 24.3 Å². The Bertz CT molecular complexity index is 919. The number of hydrogen-bond acceptors (Lipinski definition) is 5. The van der Waals surface area contributed by atoms with Crippen LogP contribution in [-0.2, 0) is 6.54 Å². The first-order valence-corrected chi connectivity index (χ1v) is 7.23. The number of fused-ring (bicyclic) bond motifs is 2. The van der Waals surface area contributed by atoms with Gasteiger partial charge in [0.05, 0.1) is 16.8 Å². The van der Waals surface area contributed by atoms with Crippen LogP contribution < -0.4 is 10.1 Å². The van der Waals surface area contributed by atoms with Crippen molar-refractivity contribution in [1.82, 2.24) is 19.9 Å². The predicted octanol–water partition coefficient (Wildman–Crippen LogP) is 2.91. The third-order valence-corrected chi connectivity index (χ3v) is 4.02. The quantitative estimate of drug-likeness (QED) is 0.756. The van der Waals surface area contributed by atoms with E-state index in [0.717, 1.165) is 16.6 Å². The van der Waals surface area contributed by atoms with Crippen LogP contribution in [0, 0.1) is 0 Å². The molecule has 2 aromatic heterocycles. The van der Waals surface area contributed by atoms with Crippen LogP contribution in [0.3, 0.4) is 0 Å². The van der Waals surface area contributed by atoms with Crippen LogP contribution in [0.5, 0.6) is 11.6 Å². The fourth-order valence-corrected chi connectivity index (χ4v) is 2.89. The molecule has 3 heterocycles. The summed E-state index contributed by atoms with van der Waals surface area (Å²) >= 11 is 0. The molecule has 1 atom stereocenters. The molecule has 1 aliphatic rings. The Morgan fingerprint density at radius 2 is 2.26 bits per heavy atom. The van der Waals surface area contributed by atoms with Crippen LogP contribution in [0.4, 0.5) is 4.79 Å². The Morgan fingerprint density at radius 1 is 1.39 bits per heavy atom. The molecule has 116 valence electrons. The number of aromatic nitrogens is 3. The van der Waals surface area contributed by atoms with Gasteiger partial charge in [-0.05, 0) is 31.2 Å². The van der Waals surface area contributed by atoms with Crippen molar-refractivity contribution in [2.75, 3.05) is 0 Å². The van der Waals surface area contributed by atoms with Crippen molar-refractivity contribution in [3.8, 4) is 11.6 Å². The molecule has 0 saturated carbocycles. The Kier molecular flexibility index (Phi) is 3.02. The molecule has 3 aromatic rings. The van der Waals surface area contributed by atoms with Gasteiger partial charge in [0.1, 0.15) is 12.1 Å². The number of ether oxygens (including phenoxy) is 1. The van der Waals surface area contributed by atoms with E-state index in [9.17, 15) is 4.79 Å². The van der Waals surface area contributed by atoms with Gasteiger partial charge in [-0.3, -0.25) is 4.57 Å². The zero-order valence-corrected chi connectivity index (χ0v) is 12.4. The monoisotopic (exact) mass is 310 g/mol. The maximum absolute atomic E-state index is 11.1. The van der Waals surface area contributed by atoms with Gasteiger partial charge in [0.15, 0.2) is 0 Å². The second kappa shape index (κ2) is 5.06. The van der Waals surface area contributed by atoms with E-state index in [-0.39, 0.29) is 6.04 Å². The number of hydrogen-bond donors (Lipinski definition) is 2. The molecular formula is C16H14N4O3. The van der Waals surface area contributed by atoms with Crippen LogP contribution in [0.2, 0.25) is 0 Å². The van der Waals surface area contributed by atoms with E-state index >= 15 is 0 Å². The Hall–Kier alpha value is -2.93. The fourth-order valence-electron chi connectivity index (χ4n) is 2.89. The van der Waals surface area contributed by atoms with E-state index in [1.165, 1.54) is 17.1 Å². The van der Waals surface area contributed by atoms with Crippen molar-refractivity contribution in [2.45, 2.75) is 19.5 Å². The van der Waals surface area contributed by atoms with Crippen molar-refractivity contribution in [3.63, 3.8) is 0 Å². The Balaban J connectivity index is 1.72. The van der Waals surface area contributed by atoms with Gasteiger partial charge in [-0.1, -0.05) is 0 Å². The lowest BCUT2D eigenvalue weighted by Gasteiger charge is -2.11. The first kappa shape index (κ1) is 13.7. The van der Waals surface area contributed by atoms with Gasteiger partial charge in [-0.15, -0.1) is 0 Å². The van der Waals surface area contributed by atoms with Crippen LogP contribution in [0.15, 0.2) is 36.8 Å². The molecule has 0 bridgehead atoms. The molecule has 0 radical (unpaired) electrons.